The third kappa shape index (κ3) is 6.06. The van der Waals surface area contributed by atoms with Gasteiger partial charge in [-0.1, -0.05) is 18.2 Å². The van der Waals surface area contributed by atoms with Crippen LogP contribution in [0.3, 0.4) is 0 Å². The molecule has 4 rings (SSSR count). The van der Waals surface area contributed by atoms with Crippen molar-refractivity contribution in [1.29, 1.82) is 0 Å². The second-order valence-corrected chi connectivity index (χ2v) is 10.4. The number of ether oxygens (including phenoxy) is 2. The minimum atomic E-state index is -4.51. The lowest BCUT2D eigenvalue weighted by Crippen LogP contribution is -2.40. The van der Waals surface area contributed by atoms with Crippen molar-refractivity contribution in [3.63, 3.8) is 0 Å². The van der Waals surface area contributed by atoms with Crippen LogP contribution < -0.4 is 10.1 Å². The zero-order chi connectivity index (χ0) is 27.8. The first-order valence-electron chi connectivity index (χ1n) is 12.4. The van der Waals surface area contributed by atoms with Crippen molar-refractivity contribution in [2.24, 2.45) is 0 Å². The Balaban J connectivity index is 1.50. The van der Waals surface area contributed by atoms with Gasteiger partial charge in [-0.25, -0.2) is 4.79 Å². The van der Waals surface area contributed by atoms with E-state index in [2.05, 4.69) is 5.32 Å². The molecule has 0 unspecified atom stereocenters. The fourth-order valence-electron chi connectivity index (χ4n) is 4.56. The van der Waals surface area contributed by atoms with Crippen LogP contribution in [0.5, 0.6) is 5.75 Å². The number of nitrogens with one attached hydrogen (secondary N) is 1. The number of halogens is 3. The predicted octanol–water partition coefficient (Wildman–Crippen LogP) is 6.64. The van der Waals surface area contributed by atoms with E-state index in [0.29, 0.717) is 47.6 Å². The average Bonchev–Trinajstić information content (AvgIpc) is 3.40. The van der Waals surface area contributed by atoms with Crippen LogP contribution >= 0.6 is 0 Å². The summed E-state index contributed by atoms with van der Waals surface area (Å²) in [6, 6.07) is 9.81. The molecule has 7 nitrogen and oxygen atoms in total. The predicted molar refractivity (Wildman–Crippen MR) is 135 cm³/mol. The number of carbonyl (C=O) groups is 2. The summed E-state index contributed by atoms with van der Waals surface area (Å²) >= 11 is 0. The number of alkyl halides is 3. The Bertz CT molecular complexity index is 1340. The van der Waals surface area contributed by atoms with Crippen molar-refractivity contribution in [3.05, 3.63) is 64.9 Å². The molecule has 204 valence electrons. The first kappa shape index (κ1) is 27.3. The number of fused-ring (bicyclic) bond motifs is 1. The third-order valence-electron chi connectivity index (χ3n) is 6.25. The molecule has 1 fully saturated rings. The number of furan rings is 1. The molecular weight excluding hydrogens is 501 g/mol. The van der Waals surface area contributed by atoms with Gasteiger partial charge in [0.15, 0.2) is 0 Å². The Morgan fingerprint density at radius 1 is 1.13 bits per heavy atom. The molecule has 0 spiro atoms. The van der Waals surface area contributed by atoms with Crippen LogP contribution in [-0.4, -0.2) is 41.6 Å². The number of rotatable bonds is 5. The fourth-order valence-corrected chi connectivity index (χ4v) is 4.56. The number of aryl methyl sites for hydroxylation is 1. The molecule has 0 bridgehead atoms. The molecule has 1 aliphatic rings. The van der Waals surface area contributed by atoms with Gasteiger partial charge < -0.3 is 24.1 Å². The van der Waals surface area contributed by atoms with Crippen molar-refractivity contribution in [2.45, 2.75) is 65.0 Å². The van der Waals surface area contributed by atoms with Gasteiger partial charge in [-0.2, -0.15) is 13.2 Å². The number of nitrogens with zero attached hydrogens (tertiary/aromatic N) is 1. The first-order chi connectivity index (χ1) is 17.7. The van der Waals surface area contributed by atoms with E-state index in [1.54, 1.807) is 57.7 Å². The maximum atomic E-state index is 13.5. The van der Waals surface area contributed by atoms with Gasteiger partial charge in [-0.15, -0.1) is 0 Å². The Morgan fingerprint density at radius 3 is 2.53 bits per heavy atom. The molecule has 1 aliphatic heterocycles. The minimum Gasteiger partial charge on any atom is -0.486 e. The molecule has 2 atom stereocenters. The van der Waals surface area contributed by atoms with Crippen LogP contribution in [0.1, 0.15) is 67.5 Å². The van der Waals surface area contributed by atoms with Crippen LogP contribution in [-0.2, 0) is 10.9 Å². The van der Waals surface area contributed by atoms with Crippen molar-refractivity contribution in [3.8, 4) is 5.75 Å². The van der Waals surface area contributed by atoms with Gasteiger partial charge in [0, 0.05) is 30.1 Å². The van der Waals surface area contributed by atoms with Gasteiger partial charge >= 0.3 is 12.3 Å². The highest BCUT2D eigenvalue weighted by atomic mass is 19.4. The molecule has 0 aliphatic carbocycles. The number of carbonyl (C=O) groups excluding carboxylic acids is 2. The average molecular weight is 533 g/mol. The lowest BCUT2D eigenvalue weighted by Gasteiger charge is -2.24. The van der Waals surface area contributed by atoms with Crippen molar-refractivity contribution < 1.29 is 36.7 Å². The number of likely N-dealkylation sites (tertiary alicyclic amines) is 1. The van der Waals surface area contributed by atoms with Crippen LogP contribution in [0, 0.1) is 6.92 Å². The molecule has 1 aromatic heterocycles. The molecule has 2 aromatic carbocycles. The lowest BCUT2D eigenvalue weighted by molar-refractivity contribution is -0.139. The largest absolute Gasteiger partial charge is 0.486 e. The molecule has 2 amide bonds. The van der Waals surface area contributed by atoms with Gasteiger partial charge in [0.2, 0.25) is 0 Å². The highest BCUT2D eigenvalue weighted by molar-refractivity contribution is 6.07. The molecular formula is C28H31F3N2O5. The highest BCUT2D eigenvalue weighted by Crippen LogP contribution is 2.37. The maximum Gasteiger partial charge on any atom is 0.416 e. The van der Waals surface area contributed by atoms with Gasteiger partial charge in [0.25, 0.3) is 5.91 Å². The molecule has 0 radical (unpaired) electrons. The van der Waals surface area contributed by atoms with Gasteiger partial charge in [0.05, 0.1) is 11.1 Å². The number of hydrogen-bond donors (Lipinski definition) is 1. The monoisotopic (exact) mass is 532 g/mol. The zero-order valence-electron chi connectivity index (χ0n) is 21.9. The quantitative estimate of drug-likeness (QED) is 0.399. The minimum absolute atomic E-state index is 0.0113. The summed E-state index contributed by atoms with van der Waals surface area (Å²) in [6.45, 7) is 9.36. The zero-order valence-corrected chi connectivity index (χ0v) is 21.9. The standard InChI is InChI=1S/C28H31F3N2O5/c1-16(20-8-6-7-9-22(20)28(29,30)31)36-19-10-11-23-21(14-19)24(17(2)37-23)25(34)32-18-12-13-33(15-18)26(35)38-27(3,4)5/h6-11,14,16,18H,12-13,15H2,1-5H3,(H,32,34)/t16-,18-/m1/s1. The smallest absolute Gasteiger partial charge is 0.416 e. The van der Waals surface area contributed by atoms with E-state index in [-0.39, 0.29) is 17.5 Å². The van der Waals surface area contributed by atoms with E-state index < -0.39 is 29.5 Å². The SMILES string of the molecule is Cc1oc2ccc(O[C@H](C)c3ccccc3C(F)(F)F)cc2c1C(=O)N[C@@H]1CCN(C(=O)OC(C)(C)C)C1. The summed E-state index contributed by atoms with van der Waals surface area (Å²) in [6.07, 6.45) is -5.26. The third-order valence-corrected chi connectivity index (χ3v) is 6.25. The number of amides is 2. The van der Waals surface area contributed by atoms with Crippen molar-refractivity contribution in [1.82, 2.24) is 10.2 Å². The van der Waals surface area contributed by atoms with E-state index in [0.717, 1.165) is 6.07 Å². The molecule has 2 heterocycles. The summed E-state index contributed by atoms with van der Waals surface area (Å²) < 4.78 is 57.4. The summed E-state index contributed by atoms with van der Waals surface area (Å²) in [5, 5.41) is 3.44. The van der Waals surface area contributed by atoms with E-state index in [1.807, 2.05) is 0 Å². The maximum absolute atomic E-state index is 13.5. The van der Waals surface area contributed by atoms with E-state index >= 15 is 0 Å². The number of hydrogen-bond acceptors (Lipinski definition) is 5. The van der Waals surface area contributed by atoms with E-state index in [9.17, 15) is 22.8 Å². The molecule has 10 heteroatoms. The second kappa shape index (κ2) is 10.2. The topological polar surface area (TPSA) is 81.0 Å². The van der Waals surface area contributed by atoms with Gasteiger partial charge in [-0.3, -0.25) is 4.79 Å². The van der Waals surface area contributed by atoms with Crippen molar-refractivity contribution >= 4 is 23.0 Å². The summed E-state index contributed by atoms with van der Waals surface area (Å²) in [7, 11) is 0. The molecule has 3 aromatic rings. The number of benzene rings is 2. The van der Waals surface area contributed by atoms with Crippen LogP contribution in [0.25, 0.3) is 11.0 Å². The molecule has 0 saturated carbocycles. The Hall–Kier alpha value is -3.69. The van der Waals surface area contributed by atoms with E-state index in [4.69, 9.17) is 13.9 Å². The first-order valence-corrected chi connectivity index (χ1v) is 12.4. The van der Waals surface area contributed by atoms with Crippen molar-refractivity contribution in [2.75, 3.05) is 13.1 Å². The summed E-state index contributed by atoms with van der Waals surface area (Å²) in [4.78, 5) is 27.2. The molecule has 1 N–H and O–H groups in total. The fraction of sp³-hybridized carbons (Fsp3) is 0.429. The Morgan fingerprint density at radius 2 is 1.84 bits per heavy atom. The lowest BCUT2D eigenvalue weighted by atomic mass is 10.0. The second-order valence-electron chi connectivity index (χ2n) is 10.4. The summed E-state index contributed by atoms with van der Waals surface area (Å²) in [5.74, 6) is 0.325. The van der Waals surface area contributed by atoms with Crippen LogP contribution in [0.15, 0.2) is 46.9 Å². The van der Waals surface area contributed by atoms with E-state index in [1.165, 1.54) is 18.2 Å². The van der Waals surface area contributed by atoms with Crippen LogP contribution in [0.2, 0.25) is 0 Å². The normalized spacial score (nSPS) is 16.9. The van der Waals surface area contributed by atoms with Gasteiger partial charge in [0.1, 0.15) is 28.8 Å². The Labute approximate surface area is 218 Å². The highest BCUT2D eigenvalue weighted by Gasteiger charge is 2.35. The molecule has 38 heavy (non-hydrogen) atoms. The summed E-state index contributed by atoms with van der Waals surface area (Å²) in [5.41, 5.74) is -0.603. The Kier molecular flexibility index (Phi) is 7.36. The molecule has 1 saturated heterocycles. The van der Waals surface area contributed by atoms with Gasteiger partial charge in [-0.05, 0) is 65.3 Å². The van der Waals surface area contributed by atoms with Crippen LogP contribution in [0.4, 0.5) is 18.0 Å².